The molecule has 2 aromatic heterocycles. The Balaban J connectivity index is 1.63. The topological polar surface area (TPSA) is 64.0 Å². The fourth-order valence-corrected chi connectivity index (χ4v) is 4.36. The summed E-state index contributed by atoms with van der Waals surface area (Å²) < 4.78 is 1.62. The van der Waals surface area contributed by atoms with Crippen molar-refractivity contribution in [2.24, 2.45) is 0 Å². The molecule has 0 aliphatic rings. The largest absolute Gasteiger partial charge is 0.321 e. The predicted octanol–water partition coefficient (Wildman–Crippen LogP) is 4.57. The van der Waals surface area contributed by atoms with Gasteiger partial charge in [-0.25, -0.2) is 4.98 Å². The van der Waals surface area contributed by atoms with E-state index in [9.17, 15) is 9.59 Å². The Hall–Kier alpha value is -3.25. The van der Waals surface area contributed by atoms with E-state index in [0.717, 1.165) is 17.7 Å². The number of hydrogen-bond acceptors (Lipinski definition) is 4. The van der Waals surface area contributed by atoms with E-state index >= 15 is 0 Å². The monoisotopic (exact) mass is 403 g/mol. The highest BCUT2D eigenvalue weighted by Crippen LogP contribution is 2.28. The van der Waals surface area contributed by atoms with E-state index in [4.69, 9.17) is 0 Å². The fraction of sp³-hybridized carbons (Fsp3) is 0.174. The van der Waals surface area contributed by atoms with Gasteiger partial charge in [-0.3, -0.25) is 14.2 Å². The SMILES string of the molecule is Cc1ccccc1NC(=O)c1sc2ncn(CCc3ccccc3)c(=O)c2c1C. The van der Waals surface area contributed by atoms with Gasteiger partial charge in [-0.05, 0) is 43.0 Å². The Kier molecular flexibility index (Phi) is 5.27. The minimum absolute atomic E-state index is 0.102. The molecule has 0 unspecified atom stereocenters. The molecule has 0 atom stereocenters. The number of rotatable bonds is 5. The van der Waals surface area contributed by atoms with Crippen LogP contribution in [-0.4, -0.2) is 15.5 Å². The summed E-state index contributed by atoms with van der Waals surface area (Å²) in [6, 6.07) is 17.7. The number of hydrogen-bond donors (Lipinski definition) is 1. The van der Waals surface area contributed by atoms with E-state index in [1.54, 1.807) is 10.9 Å². The second kappa shape index (κ2) is 8.01. The molecule has 4 aromatic rings. The van der Waals surface area contributed by atoms with Crippen molar-refractivity contribution in [2.45, 2.75) is 26.8 Å². The Bertz CT molecular complexity index is 1240. The van der Waals surface area contributed by atoms with Crippen molar-refractivity contribution in [3.8, 4) is 0 Å². The van der Waals surface area contributed by atoms with Crippen LogP contribution in [-0.2, 0) is 13.0 Å². The standard InChI is InChI=1S/C23H21N3O2S/c1-15-8-6-7-11-18(15)25-21(27)20-16(2)19-22(29-20)24-14-26(23(19)28)13-12-17-9-4-3-5-10-17/h3-11,14H,12-13H2,1-2H3,(H,25,27). The molecular formula is C23H21N3O2S. The number of benzene rings is 2. The minimum Gasteiger partial charge on any atom is -0.321 e. The quantitative estimate of drug-likeness (QED) is 0.531. The summed E-state index contributed by atoms with van der Waals surface area (Å²) >= 11 is 1.26. The highest BCUT2D eigenvalue weighted by atomic mass is 32.1. The number of anilines is 1. The first kappa shape index (κ1) is 19.1. The Morgan fingerprint density at radius 1 is 1.07 bits per heavy atom. The first-order valence-corrected chi connectivity index (χ1v) is 10.3. The average Bonchev–Trinajstić information content (AvgIpc) is 3.07. The van der Waals surface area contributed by atoms with E-state index in [2.05, 4.69) is 10.3 Å². The molecular weight excluding hydrogens is 382 g/mol. The number of carbonyl (C=O) groups is 1. The third-order valence-electron chi connectivity index (χ3n) is 5.00. The van der Waals surface area contributed by atoms with Gasteiger partial charge in [0.25, 0.3) is 11.5 Å². The van der Waals surface area contributed by atoms with Crippen LogP contribution in [0.1, 0.15) is 26.4 Å². The van der Waals surface area contributed by atoms with Gasteiger partial charge < -0.3 is 5.32 Å². The fourth-order valence-electron chi connectivity index (χ4n) is 3.32. The number of nitrogens with one attached hydrogen (secondary N) is 1. The van der Waals surface area contributed by atoms with E-state index in [1.807, 2.05) is 68.4 Å². The number of nitrogens with zero attached hydrogens (tertiary/aromatic N) is 2. The van der Waals surface area contributed by atoms with Crippen LogP contribution in [0.5, 0.6) is 0 Å². The van der Waals surface area contributed by atoms with Gasteiger partial charge in [0.05, 0.1) is 16.6 Å². The number of fused-ring (bicyclic) bond motifs is 1. The molecule has 0 saturated heterocycles. The highest BCUT2D eigenvalue weighted by molar-refractivity contribution is 7.20. The minimum atomic E-state index is -0.213. The smallest absolute Gasteiger partial charge is 0.266 e. The summed E-state index contributed by atoms with van der Waals surface area (Å²) in [7, 11) is 0. The Labute approximate surface area is 172 Å². The van der Waals surface area contributed by atoms with Crippen LogP contribution in [0.25, 0.3) is 10.2 Å². The molecule has 29 heavy (non-hydrogen) atoms. The third kappa shape index (κ3) is 3.84. The molecule has 2 heterocycles. The molecule has 6 heteroatoms. The molecule has 1 N–H and O–H groups in total. The molecule has 1 amide bonds. The second-order valence-electron chi connectivity index (χ2n) is 6.98. The normalized spacial score (nSPS) is 11.0. The number of amides is 1. The van der Waals surface area contributed by atoms with Gasteiger partial charge in [0.2, 0.25) is 0 Å². The van der Waals surface area contributed by atoms with Crippen LogP contribution in [0, 0.1) is 13.8 Å². The molecule has 0 radical (unpaired) electrons. The lowest BCUT2D eigenvalue weighted by atomic mass is 10.1. The number of thiophene rings is 1. The van der Waals surface area contributed by atoms with Crippen LogP contribution < -0.4 is 10.9 Å². The summed E-state index contributed by atoms with van der Waals surface area (Å²) in [5, 5.41) is 3.47. The maximum atomic E-state index is 13.0. The molecule has 0 fully saturated rings. The highest BCUT2D eigenvalue weighted by Gasteiger charge is 2.20. The van der Waals surface area contributed by atoms with Crippen molar-refractivity contribution in [1.82, 2.24) is 9.55 Å². The molecule has 0 aliphatic carbocycles. The third-order valence-corrected chi connectivity index (χ3v) is 6.20. The summed E-state index contributed by atoms with van der Waals surface area (Å²) in [4.78, 5) is 31.4. The van der Waals surface area contributed by atoms with Crippen molar-refractivity contribution < 1.29 is 4.79 Å². The van der Waals surface area contributed by atoms with Gasteiger partial charge in [0.1, 0.15) is 4.83 Å². The molecule has 0 aliphatic heterocycles. The Morgan fingerprint density at radius 2 is 1.79 bits per heavy atom. The summed E-state index contributed by atoms with van der Waals surface area (Å²) in [6.07, 6.45) is 2.32. The number of aromatic nitrogens is 2. The second-order valence-corrected chi connectivity index (χ2v) is 7.98. The van der Waals surface area contributed by atoms with Gasteiger partial charge >= 0.3 is 0 Å². The van der Waals surface area contributed by atoms with Crippen LogP contribution in [0.15, 0.2) is 65.7 Å². The summed E-state index contributed by atoms with van der Waals surface area (Å²) in [6.45, 7) is 4.31. The molecule has 2 aromatic carbocycles. The van der Waals surface area contributed by atoms with Crippen LogP contribution in [0.4, 0.5) is 5.69 Å². The van der Waals surface area contributed by atoms with Crippen molar-refractivity contribution >= 4 is 33.1 Å². The number of carbonyl (C=O) groups excluding carboxylic acids is 1. The van der Waals surface area contributed by atoms with Crippen molar-refractivity contribution in [2.75, 3.05) is 5.32 Å². The number of para-hydroxylation sites is 1. The zero-order valence-corrected chi connectivity index (χ0v) is 17.1. The van der Waals surface area contributed by atoms with E-state index in [0.29, 0.717) is 27.2 Å². The zero-order valence-electron chi connectivity index (χ0n) is 16.3. The lowest BCUT2D eigenvalue weighted by Gasteiger charge is -2.07. The maximum Gasteiger partial charge on any atom is 0.266 e. The molecule has 146 valence electrons. The number of aryl methyl sites for hydroxylation is 4. The van der Waals surface area contributed by atoms with Gasteiger partial charge in [-0.15, -0.1) is 11.3 Å². The van der Waals surface area contributed by atoms with Gasteiger partial charge in [0, 0.05) is 12.2 Å². The van der Waals surface area contributed by atoms with E-state index in [-0.39, 0.29) is 11.5 Å². The van der Waals surface area contributed by atoms with Gasteiger partial charge in [0.15, 0.2) is 0 Å². The molecule has 0 bridgehead atoms. The summed E-state index contributed by atoms with van der Waals surface area (Å²) in [5.41, 5.74) is 3.50. The molecule has 4 rings (SSSR count). The van der Waals surface area contributed by atoms with Crippen molar-refractivity contribution in [1.29, 1.82) is 0 Å². The molecule has 5 nitrogen and oxygen atoms in total. The maximum absolute atomic E-state index is 13.0. The molecule has 0 saturated carbocycles. The first-order valence-electron chi connectivity index (χ1n) is 9.44. The average molecular weight is 404 g/mol. The zero-order chi connectivity index (χ0) is 20.4. The van der Waals surface area contributed by atoms with Gasteiger partial charge in [-0.2, -0.15) is 0 Å². The van der Waals surface area contributed by atoms with Gasteiger partial charge in [-0.1, -0.05) is 48.5 Å². The lowest BCUT2D eigenvalue weighted by molar-refractivity contribution is 0.103. The summed E-state index contributed by atoms with van der Waals surface area (Å²) in [5.74, 6) is -0.213. The van der Waals surface area contributed by atoms with E-state index < -0.39 is 0 Å². The van der Waals surface area contributed by atoms with Crippen molar-refractivity contribution in [3.05, 3.63) is 92.8 Å². The van der Waals surface area contributed by atoms with Crippen molar-refractivity contribution in [3.63, 3.8) is 0 Å². The lowest BCUT2D eigenvalue weighted by Crippen LogP contribution is -2.21. The van der Waals surface area contributed by atoms with E-state index in [1.165, 1.54) is 16.9 Å². The van der Waals surface area contributed by atoms with Crippen LogP contribution in [0.2, 0.25) is 0 Å². The van der Waals surface area contributed by atoms with Crippen LogP contribution in [0.3, 0.4) is 0 Å². The first-order chi connectivity index (χ1) is 14.0. The molecule has 0 spiro atoms. The van der Waals surface area contributed by atoms with Crippen LogP contribution >= 0.6 is 11.3 Å². The predicted molar refractivity (Wildman–Crippen MR) is 118 cm³/mol. The Morgan fingerprint density at radius 3 is 2.55 bits per heavy atom.